The van der Waals surface area contributed by atoms with Crippen molar-refractivity contribution in [1.29, 1.82) is 0 Å². The monoisotopic (exact) mass is 439 g/mol. The quantitative estimate of drug-likeness (QED) is 0.583. The number of rotatable bonds is 6. The van der Waals surface area contributed by atoms with Crippen LogP contribution in [0.3, 0.4) is 0 Å². The summed E-state index contributed by atoms with van der Waals surface area (Å²) < 4.78 is 18.2. The van der Waals surface area contributed by atoms with E-state index in [1.807, 2.05) is 36.9 Å². The third-order valence-corrected chi connectivity index (χ3v) is 5.85. The van der Waals surface area contributed by atoms with E-state index in [2.05, 4.69) is 15.0 Å². The van der Waals surface area contributed by atoms with Crippen LogP contribution in [0.5, 0.6) is 17.2 Å². The van der Waals surface area contributed by atoms with Gasteiger partial charge in [0.2, 0.25) is 5.75 Å². The van der Waals surface area contributed by atoms with Gasteiger partial charge in [0.1, 0.15) is 5.56 Å². The van der Waals surface area contributed by atoms with Crippen molar-refractivity contribution in [2.24, 2.45) is 0 Å². The molecule has 0 unspecified atom stereocenters. The number of aromatic nitrogens is 3. The van der Waals surface area contributed by atoms with Gasteiger partial charge in [-0.05, 0) is 26.0 Å². The lowest BCUT2D eigenvalue weighted by Gasteiger charge is -2.35. The van der Waals surface area contributed by atoms with E-state index >= 15 is 0 Å². The van der Waals surface area contributed by atoms with Crippen molar-refractivity contribution in [1.82, 2.24) is 24.4 Å². The lowest BCUT2D eigenvalue weighted by atomic mass is 10.1. The molecule has 1 saturated heterocycles. The van der Waals surface area contributed by atoms with E-state index in [0.29, 0.717) is 48.1 Å². The number of benzene rings is 1. The highest BCUT2D eigenvalue weighted by Crippen LogP contribution is 2.40. The van der Waals surface area contributed by atoms with Crippen LogP contribution in [-0.2, 0) is 6.54 Å². The average molecular weight is 440 g/mol. The van der Waals surface area contributed by atoms with Crippen molar-refractivity contribution in [3.05, 3.63) is 46.9 Å². The van der Waals surface area contributed by atoms with Crippen molar-refractivity contribution >= 4 is 11.6 Å². The molecule has 3 heterocycles. The first-order chi connectivity index (χ1) is 15.5. The molecular weight excluding hydrogens is 410 g/mol. The zero-order chi connectivity index (χ0) is 22.8. The first kappa shape index (κ1) is 21.9. The molecule has 1 aromatic carbocycles. The molecule has 4 rings (SSSR count). The summed E-state index contributed by atoms with van der Waals surface area (Å²) in [5, 5.41) is 4.36. The number of nitrogens with zero attached hydrogens (tertiary/aromatic N) is 5. The number of aryl methyl sites for hydroxylation is 2. The van der Waals surface area contributed by atoms with E-state index < -0.39 is 0 Å². The van der Waals surface area contributed by atoms with Crippen molar-refractivity contribution in [3.8, 4) is 17.2 Å². The summed E-state index contributed by atoms with van der Waals surface area (Å²) in [4.78, 5) is 21.9. The predicted molar refractivity (Wildman–Crippen MR) is 120 cm³/mol. The molecule has 170 valence electrons. The summed E-state index contributed by atoms with van der Waals surface area (Å²) in [6, 6.07) is 5.83. The van der Waals surface area contributed by atoms with E-state index in [0.717, 1.165) is 30.0 Å². The van der Waals surface area contributed by atoms with Crippen molar-refractivity contribution in [2.45, 2.75) is 20.4 Å². The van der Waals surface area contributed by atoms with Gasteiger partial charge >= 0.3 is 0 Å². The maximum absolute atomic E-state index is 13.2. The van der Waals surface area contributed by atoms with E-state index in [9.17, 15) is 4.79 Å². The van der Waals surface area contributed by atoms with Crippen LogP contribution < -0.4 is 14.2 Å². The Hall–Kier alpha value is -3.33. The fraction of sp³-hybridized carbons (Fsp3) is 0.435. The van der Waals surface area contributed by atoms with E-state index in [4.69, 9.17) is 14.2 Å². The third kappa shape index (κ3) is 3.95. The maximum atomic E-state index is 13.2. The molecule has 9 heteroatoms. The Morgan fingerprint density at radius 2 is 1.72 bits per heavy atom. The SMILES string of the molecule is COc1ccc(CN2CCN(C(=O)c3cnn4c(C)cc(C)nc34)CC2)c(OC)c1OC. The second-order valence-corrected chi connectivity index (χ2v) is 7.89. The zero-order valence-corrected chi connectivity index (χ0v) is 19.2. The minimum absolute atomic E-state index is 0.0270. The van der Waals surface area contributed by atoms with Gasteiger partial charge in [-0.15, -0.1) is 0 Å². The maximum Gasteiger partial charge on any atom is 0.259 e. The van der Waals surface area contributed by atoms with E-state index in [-0.39, 0.29) is 5.91 Å². The molecule has 0 aliphatic carbocycles. The summed E-state index contributed by atoms with van der Waals surface area (Å²) >= 11 is 0. The molecule has 1 amide bonds. The van der Waals surface area contributed by atoms with Crippen LogP contribution >= 0.6 is 0 Å². The van der Waals surface area contributed by atoms with Crippen LogP contribution in [0.2, 0.25) is 0 Å². The molecule has 2 aromatic heterocycles. The number of carbonyl (C=O) groups is 1. The summed E-state index contributed by atoms with van der Waals surface area (Å²) in [6.07, 6.45) is 1.62. The second-order valence-electron chi connectivity index (χ2n) is 7.89. The number of carbonyl (C=O) groups excluding carboxylic acids is 1. The van der Waals surface area contributed by atoms with Crippen molar-refractivity contribution < 1.29 is 19.0 Å². The van der Waals surface area contributed by atoms with Gasteiger partial charge in [0.25, 0.3) is 5.91 Å². The molecule has 0 bridgehead atoms. The average Bonchev–Trinajstić information content (AvgIpc) is 3.22. The van der Waals surface area contributed by atoms with Gasteiger partial charge in [0.05, 0.1) is 27.5 Å². The number of hydrogen-bond acceptors (Lipinski definition) is 7. The minimum Gasteiger partial charge on any atom is -0.493 e. The van der Waals surface area contributed by atoms with Crippen LogP contribution in [0.15, 0.2) is 24.4 Å². The third-order valence-electron chi connectivity index (χ3n) is 5.85. The summed E-state index contributed by atoms with van der Waals surface area (Å²) in [7, 11) is 4.84. The summed E-state index contributed by atoms with van der Waals surface area (Å²) in [5.41, 5.74) is 4.01. The van der Waals surface area contributed by atoms with E-state index in [1.165, 1.54) is 0 Å². The first-order valence-corrected chi connectivity index (χ1v) is 10.6. The molecule has 0 spiro atoms. The Morgan fingerprint density at radius 3 is 2.38 bits per heavy atom. The Balaban J connectivity index is 1.46. The zero-order valence-electron chi connectivity index (χ0n) is 19.2. The van der Waals surface area contributed by atoms with Gasteiger partial charge in [-0.2, -0.15) is 5.10 Å². The molecule has 1 aliphatic rings. The smallest absolute Gasteiger partial charge is 0.259 e. The highest BCUT2D eigenvalue weighted by Gasteiger charge is 2.26. The highest BCUT2D eigenvalue weighted by molar-refractivity contribution is 5.99. The molecule has 0 N–H and O–H groups in total. The van der Waals surface area contributed by atoms with E-state index in [1.54, 1.807) is 32.0 Å². The summed E-state index contributed by atoms with van der Waals surface area (Å²) in [6.45, 7) is 7.37. The first-order valence-electron chi connectivity index (χ1n) is 10.6. The minimum atomic E-state index is -0.0270. The molecular formula is C23H29N5O4. The highest BCUT2D eigenvalue weighted by atomic mass is 16.5. The molecule has 1 aliphatic heterocycles. The molecule has 32 heavy (non-hydrogen) atoms. The van der Waals surface area contributed by atoms with Gasteiger partial charge in [0.15, 0.2) is 17.1 Å². The number of piperazine rings is 1. The lowest BCUT2D eigenvalue weighted by Crippen LogP contribution is -2.48. The number of ether oxygens (including phenoxy) is 3. The van der Waals surface area contributed by atoms with Crippen LogP contribution in [-0.4, -0.2) is 77.8 Å². The lowest BCUT2D eigenvalue weighted by molar-refractivity contribution is 0.0629. The van der Waals surface area contributed by atoms with Crippen LogP contribution in [0.1, 0.15) is 27.3 Å². The molecule has 0 radical (unpaired) electrons. The standard InChI is InChI=1S/C23H29N5O4/c1-15-12-16(2)28-22(25-15)18(13-24-28)23(29)27-10-8-26(9-11-27)14-17-6-7-19(30-3)21(32-5)20(17)31-4/h6-7,12-13H,8-11,14H2,1-5H3. The molecule has 0 atom stereocenters. The summed E-state index contributed by atoms with van der Waals surface area (Å²) in [5.74, 6) is 1.87. The van der Waals surface area contributed by atoms with Gasteiger partial charge in [-0.1, -0.05) is 6.07 Å². The fourth-order valence-corrected chi connectivity index (χ4v) is 4.23. The van der Waals surface area contributed by atoms with Crippen LogP contribution in [0, 0.1) is 13.8 Å². The normalized spacial score (nSPS) is 14.6. The van der Waals surface area contributed by atoms with Crippen molar-refractivity contribution in [2.75, 3.05) is 47.5 Å². The predicted octanol–water partition coefficient (Wildman–Crippen LogP) is 2.33. The van der Waals surface area contributed by atoms with Gasteiger partial charge in [0, 0.05) is 49.7 Å². The Kier molecular flexibility index (Phi) is 6.18. The molecule has 0 saturated carbocycles. The van der Waals surface area contributed by atoms with Crippen molar-refractivity contribution in [3.63, 3.8) is 0 Å². The Morgan fingerprint density at radius 1 is 1.00 bits per heavy atom. The number of amides is 1. The van der Waals surface area contributed by atoms with Gasteiger partial charge < -0.3 is 19.1 Å². The molecule has 9 nitrogen and oxygen atoms in total. The topological polar surface area (TPSA) is 81.4 Å². The number of fused-ring (bicyclic) bond motifs is 1. The van der Waals surface area contributed by atoms with Gasteiger partial charge in [-0.3, -0.25) is 9.69 Å². The largest absolute Gasteiger partial charge is 0.493 e. The Bertz CT molecular complexity index is 1140. The fourth-order valence-electron chi connectivity index (χ4n) is 4.23. The second kappa shape index (κ2) is 9.04. The number of hydrogen-bond donors (Lipinski definition) is 0. The van der Waals surface area contributed by atoms with Gasteiger partial charge in [-0.25, -0.2) is 9.50 Å². The van der Waals surface area contributed by atoms with Crippen LogP contribution in [0.4, 0.5) is 0 Å². The molecule has 1 fully saturated rings. The number of methoxy groups -OCH3 is 3. The Labute approximate surface area is 187 Å². The molecule has 3 aromatic rings. The van der Waals surface area contributed by atoms with Crippen LogP contribution in [0.25, 0.3) is 5.65 Å².